The Morgan fingerprint density at radius 1 is 0.810 bits per heavy atom. The fraction of sp³-hybridized carbons (Fsp3) is 0.333. The Labute approximate surface area is 245 Å². The third-order valence-electron chi connectivity index (χ3n) is 7.76. The van der Waals surface area contributed by atoms with E-state index >= 15 is 0 Å². The van der Waals surface area contributed by atoms with Crippen molar-refractivity contribution in [1.82, 2.24) is 16.0 Å². The van der Waals surface area contributed by atoms with Gasteiger partial charge in [0.1, 0.15) is 11.8 Å². The fourth-order valence-corrected chi connectivity index (χ4v) is 5.23. The van der Waals surface area contributed by atoms with Crippen molar-refractivity contribution in [2.24, 2.45) is 11.8 Å². The molecular weight excluding hydrogens is 534 g/mol. The summed E-state index contributed by atoms with van der Waals surface area (Å²) >= 11 is 0. The van der Waals surface area contributed by atoms with Crippen molar-refractivity contribution in [3.05, 3.63) is 102 Å². The molecule has 0 spiro atoms. The van der Waals surface area contributed by atoms with Crippen molar-refractivity contribution >= 4 is 23.5 Å². The molecule has 1 aliphatic heterocycles. The highest BCUT2D eigenvalue weighted by atomic mass is 16.3. The van der Waals surface area contributed by atoms with Gasteiger partial charge >= 0.3 is 0 Å². The highest BCUT2D eigenvalue weighted by molar-refractivity contribution is 6.00. The summed E-state index contributed by atoms with van der Waals surface area (Å²) in [5.41, 5.74) is 1.66. The van der Waals surface area contributed by atoms with Crippen LogP contribution in [0.5, 0.6) is 5.75 Å². The minimum atomic E-state index is -1.30. The minimum Gasteiger partial charge on any atom is -0.507 e. The second-order valence-electron chi connectivity index (χ2n) is 11.0. The molecule has 3 amide bonds. The molecule has 1 saturated heterocycles. The summed E-state index contributed by atoms with van der Waals surface area (Å²) in [4.78, 5) is 53.9. The third kappa shape index (κ3) is 7.61. The van der Waals surface area contributed by atoms with Crippen LogP contribution in [0.15, 0.2) is 84.9 Å². The minimum absolute atomic E-state index is 0.0151. The Balaban J connectivity index is 1.69. The van der Waals surface area contributed by atoms with Crippen LogP contribution in [0.1, 0.15) is 41.8 Å². The van der Waals surface area contributed by atoms with E-state index in [-0.39, 0.29) is 36.4 Å². The molecule has 3 aromatic rings. The van der Waals surface area contributed by atoms with E-state index in [4.69, 9.17) is 0 Å². The van der Waals surface area contributed by atoms with E-state index in [1.807, 2.05) is 60.7 Å². The molecule has 0 aromatic heterocycles. The number of phenolic OH excluding ortho intramolecular Hbond substituents is 1. The highest BCUT2D eigenvalue weighted by Gasteiger charge is 2.38. The van der Waals surface area contributed by atoms with Crippen LogP contribution in [0.2, 0.25) is 0 Å². The van der Waals surface area contributed by atoms with Gasteiger partial charge in [-0.2, -0.15) is 0 Å². The maximum Gasteiger partial charge on any atom is 0.255 e. The number of benzene rings is 3. The lowest BCUT2D eigenvalue weighted by Gasteiger charge is -2.33. The van der Waals surface area contributed by atoms with Crippen LogP contribution < -0.4 is 16.0 Å². The van der Waals surface area contributed by atoms with Gasteiger partial charge in [0.15, 0.2) is 5.78 Å². The number of aromatic hydroxyl groups is 1. The first-order valence-electron chi connectivity index (χ1n) is 14.1. The standard InChI is InChI=1S/C33H37N3O6/c1-20-17-28(38)25(18-22-11-5-3-6-12-22)34-31(40)21(2)30(39)26(19-23-13-7-4-8-14-23)35-33(42)29(20)36-32(41)24-15-9-10-16-27(24)37/h3-16,20-21,25-26,29-30,37,39H,17-19H2,1-2H3,(H,34,40)(H,35,42)(H,36,41)/t20-,21+,25?,26-,29-,30-/m0/s1. The average molecular weight is 572 g/mol. The van der Waals surface area contributed by atoms with E-state index in [0.29, 0.717) is 0 Å². The maximum atomic E-state index is 13.8. The van der Waals surface area contributed by atoms with Gasteiger partial charge in [0.2, 0.25) is 11.8 Å². The van der Waals surface area contributed by atoms with E-state index in [2.05, 4.69) is 16.0 Å². The lowest BCUT2D eigenvalue weighted by Crippen LogP contribution is -2.59. The molecule has 1 heterocycles. The Kier molecular flexibility index (Phi) is 10.1. The number of para-hydroxylation sites is 1. The summed E-state index contributed by atoms with van der Waals surface area (Å²) in [7, 11) is 0. The lowest BCUT2D eigenvalue weighted by molar-refractivity contribution is -0.135. The summed E-state index contributed by atoms with van der Waals surface area (Å²) in [6, 6.07) is 21.5. The number of ketones is 1. The number of hydrogen-bond donors (Lipinski definition) is 5. The zero-order chi connectivity index (χ0) is 30.2. The van der Waals surface area contributed by atoms with E-state index in [0.717, 1.165) is 11.1 Å². The monoisotopic (exact) mass is 571 g/mol. The van der Waals surface area contributed by atoms with E-state index in [1.165, 1.54) is 12.1 Å². The molecule has 0 aliphatic carbocycles. The second kappa shape index (κ2) is 13.9. The molecule has 0 bridgehead atoms. The first kappa shape index (κ1) is 30.5. The van der Waals surface area contributed by atoms with Crippen LogP contribution in [0.25, 0.3) is 0 Å². The molecule has 42 heavy (non-hydrogen) atoms. The van der Waals surface area contributed by atoms with Crippen LogP contribution in [0.3, 0.4) is 0 Å². The molecule has 5 N–H and O–H groups in total. The molecule has 4 rings (SSSR count). The number of nitrogens with one attached hydrogen (secondary N) is 3. The number of amides is 3. The second-order valence-corrected chi connectivity index (χ2v) is 11.0. The van der Waals surface area contributed by atoms with E-state index in [9.17, 15) is 29.4 Å². The van der Waals surface area contributed by atoms with Gasteiger partial charge in [-0.05, 0) is 42.0 Å². The van der Waals surface area contributed by atoms with Crippen molar-refractivity contribution in [3.8, 4) is 5.75 Å². The van der Waals surface area contributed by atoms with E-state index in [1.54, 1.807) is 26.0 Å². The Hall–Kier alpha value is -4.50. The number of phenols is 1. The Bertz CT molecular complexity index is 1400. The van der Waals surface area contributed by atoms with Crippen LogP contribution in [0, 0.1) is 11.8 Å². The molecule has 9 nitrogen and oxygen atoms in total. The number of aliphatic hydroxyl groups is 1. The number of carbonyl (C=O) groups is 4. The highest BCUT2D eigenvalue weighted by Crippen LogP contribution is 2.21. The predicted octanol–water partition coefficient (Wildman–Crippen LogP) is 2.55. The average Bonchev–Trinajstić information content (AvgIpc) is 2.99. The van der Waals surface area contributed by atoms with Crippen LogP contribution in [0.4, 0.5) is 0 Å². The molecule has 9 heteroatoms. The zero-order valence-corrected chi connectivity index (χ0v) is 23.7. The molecule has 220 valence electrons. The van der Waals surface area contributed by atoms with Crippen LogP contribution in [-0.4, -0.2) is 57.9 Å². The van der Waals surface area contributed by atoms with Crippen molar-refractivity contribution in [3.63, 3.8) is 0 Å². The first-order chi connectivity index (χ1) is 20.1. The van der Waals surface area contributed by atoms with Gasteiger partial charge in [0, 0.05) is 6.42 Å². The molecule has 1 fully saturated rings. The largest absolute Gasteiger partial charge is 0.507 e. The van der Waals surface area contributed by atoms with Crippen LogP contribution >= 0.6 is 0 Å². The predicted molar refractivity (Wildman–Crippen MR) is 157 cm³/mol. The molecule has 3 aromatic carbocycles. The maximum absolute atomic E-state index is 13.8. The number of aliphatic hydroxyl groups excluding tert-OH is 1. The van der Waals surface area contributed by atoms with Gasteiger partial charge in [0.05, 0.1) is 29.7 Å². The van der Waals surface area contributed by atoms with Crippen molar-refractivity contribution in [2.75, 3.05) is 0 Å². The van der Waals surface area contributed by atoms with Crippen LogP contribution in [-0.2, 0) is 27.2 Å². The summed E-state index contributed by atoms with van der Waals surface area (Å²) in [5.74, 6) is -3.98. The summed E-state index contributed by atoms with van der Waals surface area (Å²) < 4.78 is 0. The van der Waals surface area contributed by atoms with Crippen molar-refractivity contribution in [1.29, 1.82) is 0 Å². The summed E-state index contributed by atoms with van der Waals surface area (Å²) in [5, 5.41) is 30.0. The summed E-state index contributed by atoms with van der Waals surface area (Å²) in [6.07, 6.45) is -0.954. The number of Topliss-reactive ketones (excluding diaryl/α,β-unsaturated/α-hetero) is 1. The van der Waals surface area contributed by atoms with Gasteiger partial charge in [-0.3, -0.25) is 19.2 Å². The molecular formula is C33H37N3O6. The number of carbonyl (C=O) groups excluding carboxylic acids is 4. The van der Waals surface area contributed by atoms with Gasteiger partial charge in [0.25, 0.3) is 5.91 Å². The Morgan fingerprint density at radius 3 is 2.00 bits per heavy atom. The summed E-state index contributed by atoms with van der Waals surface area (Å²) in [6.45, 7) is 3.23. The number of hydrogen-bond acceptors (Lipinski definition) is 6. The normalized spacial score (nSPS) is 25.4. The molecule has 1 unspecified atom stereocenters. The Morgan fingerprint density at radius 2 is 1.38 bits per heavy atom. The molecule has 6 atom stereocenters. The zero-order valence-electron chi connectivity index (χ0n) is 23.7. The van der Waals surface area contributed by atoms with Gasteiger partial charge in [-0.15, -0.1) is 0 Å². The van der Waals surface area contributed by atoms with Gasteiger partial charge < -0.3 is 26.2 Å². The fourth-order valence-electron chi connectivity index (χ4n) is 5.23. The van der Waals surface area contributed by atoms with Gasteiger partial charge in [-0.25, -0.2) is 0 Å². The first-order valence-corrected chi connectivity index (χ1v) is 14.1. The quantitative estimate of drug-likeness (QED) is 0.308. The topological polar surface area (TPSA) is 145 Å². The SMILES string of the molecule is C[C@H]1CC(=O)C(Cc2ccccc2)NC(=O)[C@H](C)[C@H](O)[C@H](Cc2ccccc2)NC(=O)[C@H]1NC(=O)c1ccccc1O. The molecule has 0 saturated carbocycles. The number of rotatable bonds is 6. The van der Waals surface area contributed by atoms with E-state index < -0.39 is 53.8 Å². The smallest absolute Gasteiger partial charge is 0.255 e. The molecule has 1 aliphatic rings. The van der Waals surface area contributed by atoms with Crippen molar-refractivity contribution in [2.45, 2.75) is 57.3 Å². The third-order valence-corrected chi connectivity index (χ3v) is 7.76. The van der Waals surface area contributed by atoms with Crippen molar-refractivity contribution < 1.29 is 29.4 Å². The van der Waals surface area contributed by atoms with Gasteiger partial charge in [-0.1, -0.05) is 86.6 Å². The lowest BCUT2D eigenvalue weighted by atomic mass is 9.87. The molecule has 0 radical (unpaired) electrons.